The number of benzene rings is 1. The number of ether oxygens (including phenoxy) is 1. The van der Waals surface area contributed by atoms with Crippen LogP contribution in [0.3, 0.4) is 0 Å². The van der Waals surface area contributed by atoms with Crippen LogP contribution in [-0.2, 0) is 0 Å². The maximum atomic E-state index is 5.31. The van der Waals surface area contributed by atoms with E-state index in [1.54, 1.807) is 13.3 Å². The number of nitrogens with two attached hydrogens (primary N) is 1. The summed E-state index contributed by atoms with van der Waals surface area (Å²) in [5, 5.41) is 3.25. The van der Waals surface area contributed by atoms with Gasteiger partial charge in [0.25, 0.3) is 0 Å². The first kappa shape index (κ1) is 12.7. The van der Waals surface area contributed by atoms with Crippen molar-refractivity contribution in [3.63, 3.8) is 0 Å². The highest BCUT2D eigenvalue weighted by molar-refractivity contribution is 9.10. The van der Waals surface area contributed by atoms with E-state index in [9.17, 15) is 0 Å². The molecule has 0 spiro atoms. The monoisotopic (exact) mass is 308 g/mol. The van der Waals surface area contributed by atoms with E-state index in [0.717, 1.165) is 21.6 Å². The number of nitrogens with zero attached hydrogens (tertiary/aromatic N) is 1. The third-order valence-corrected chi connectivity index (χ3v) is 2.76. The van der Waals surface area contributed by atoms with Crippen LogP contribution in [0, 0.1) is 0 Å². The molecule has 94 valence electrons. The standard InChI is InChI=1S/C12H13BrN4O/c1-18-11-5-8(13)4-10(6-11)16-9-2-3-15-12(7-9)17-14/h2-7H,14H2,1H3,(H2,15,16,17). The van der Waals surface area contributed by atoms with Crippen molar-refractivity contribution in [2.24, 2.45) is 5.84 Å². The van der Waals surface area contributed by atoms with Crippen molar-refractivity contribution in [3.05, 3.63) is 41.0 Å². The average Bonchev–Trinajstić information content (AvgIpc) is 2.38. The lowest BCUT2D eigenvalue weighted by atomic mass is 10.3. The number of anilines is 3. The predicted molar refractivity (Wildman–Crippen MR) is 76.0 cm³/mol. The Bertz CT molecular complexity index is 547. The van der Waals surface area contributed by atoms with Gasteiger partial charge in [-0.25, -0.2) is 10.8 Å². The number of aromatic nitrogens is 1. The van der Waals surface area contributed by atoms with Crippen molar-refractivity contribution < 1.29 is 4.74 Å². The smallest absolute Gasteiger partial charge is 0.141 e. The fraction of sp³-hybridized carbons (Fsp3) is 0.0833. The second-order valence-electron chi connectivity index (χ2n) is 3.58. The van der Waals surface area contributed by atoms with E-state index in [-0.39, 0.29) is 0 Å². The number of pyridine rings is 1. The number of hydrazine groups is 1. The summed E-state index contributed by atoms with van der Waals surface area (Å²) < 4.78 is 6.14. The molecule has 0 aliphatic carbocycles. The molecule has 0 bridgehead atoms. The minimum absolute atomic E-state index is 0.599. The van der Waals surface area contributed by atoms with Gasteiger partial charge in [0.1, 0.15) is 11.6 Å². The highest BCUT2D eigenvalue weighted by Crippen LogP contribution is 2.27. The van der Waals surface area contributed by atoms with Crippen LogP contribution in [0.15, 0.2) is 41.0 Å². The molecular weight excluding hydrogens is 296 g/mol. The number of hydrogen-bond donors (Lipinski definition) is 3. The Morgan fingerprint density at radius 2 is 2.06 bits per heavy atom. The van der Waals surface area contributed by atoms with Gasteiger partial charge in [-0.3, -0.25) is 0 Å². The van der Waals surface area contributed by atoms with E-state index in [1.165, 1.54) is 0 Å². The fourth-order valence-corrected chi connectivity index (χ4v) is 1.98. The number of halogens is 1. The van der Waals surface area contributed by atoms with Crippen molar-refractivity contribution in [2.75, 3.05) is 17.9 Å². The largest absolute Gasteiger partial charge is 0.497 e. The predicted octanol–water partition coefficient (Wildman–Crippen LogP) is 2.88. The molecule has 18 heavy (non-hydrogen) atoms. The normalized spacial score (nSPS) is 9.94. The summed E-state index contributed by atoms with van der Waals surface area (Å²) in [4.78, 5) is 4.04. The summed E-state index contributed by atoms with van der Waals surface area (Å²) in [5.74, 6) is 6.69. The number of hydrogen-bond acceptors (Lipinski definition) is 5. The third-order valence-electron chi connectivity index (χ3n) is 2.30. The molecule has 4 N–H and O–H groups in total. The SMILES string of the molecule is COc1cc(Br)cc(Nc2ccnc(NN)c2)c1. The molecule has 0 aliphatic rings. The molecule has 0 unspecified atom stereocenters. The fourth-order valence-electron chi connectivity index (χ4n) is 1.51. The van der Waals surface area contributed by atoms with Gasteiger partial charge in [-0.2, -0.15) is 0 Å². The molecular formula is C12H13BrN4O. The van der Waals surface area contributed by atoms with Gasteiger partial charge < -0.3 is 15.5 Å². The molecule has 0 radical (unpaired) electrons. The van der Waals surface area contributed by atoms with Gasteiger partial charge >= 0.3 is 0 Å². The van der Waals surface area contributed by atoms with E-state index >= 15 is 0 Å². The molecule has 0 aliphatic heterocycles. The molecule has 0 amide bonds. The Balaban J connectivity index is 2.24. The molecule has 1 aromatic heterocycles. The number of nitrogen functional groups attached to an aromatic ring is 1. The average molecular weight is 309 g/mol. The summed E-state index contributed by atoms with van der Waals surface area (Å²) in [5.41, 5.74) is 4.30. The van der Waals surface area contributed by atoms with Gasteiger partial charge in [-0.1, -0.05) is 15.9 Å². The molecule has 5 nitrogen and oxygen atoms in total. The Morgan fingerprint density at radius 1 is 1.22 bits per heavy atom. The lowest BCUT2D eigenvalue weighted by Crippen LogP contribution is -2.08. The van der Waals surface area contributed by atoms with Crippen molar-refractivity contribution in [1.29, 1.82) is 0 Å². The van der Waals surface area contributed by atoms with Gasteiger partial charge in [0, 0.05) is 34.2 Å². The van der Waals surface area contributed by atoms with Crippen LogP contribution >= 0.6 is 15.9 Å². The van der Waals surface area contributed by atoms with Crippen molar-refractivity contribution in [2.45, 2.75) is 0 Å². The molecule has 2 rings (SSSR count). The Hall–Kier alpha value is -1.79. The van der Waals surface area contributed by atoms with Crippen LogP contribution in [0.1, 0.15) is 0 Å². The zero-order valence-electron chi connectivity index (χ0n) is 9.77. The summed E-state index contributed by atoms with van der Waals surface area (Å²) in [7, 11) is 1.63. The zero-order chi connectivity index (χ0) is 13.0. The summed E-state index contributed by atoms with van der Waals surface area (Å²) in [6.07, 6.45) is 1.67. The van der Waals surface area contributed by atoms with E-state index < -0.39 is 0 Å². The highest BCUT2D eigenvalue weighted by Gasteiger charge is 2.01. The lowest BCUT2D eigenvalue weighted by molar-refractivity contribution is 0.415. The number of nitrogens with one attached hydrogen (secondary N) is 2. The van der Waals surface area contributed by atoms with Crippen molar-refractivity contribution >= 4 is 33.1 Å². The Labute approximate surface area is 113 Å². The van der Waals surface area contributed by atoms with Crippen LogP contribution in [0.4, 0.5) is 17.2 Å². The molecule has 1 heterocycles. The Kier molecular flexibility index (Phi) is 4.01. The zero-order valence-corrected chi connectivity index (χ0v) is 11.4. The van der Waals surface area contributed by atoms with Gasteiger partial charge in [0.15, 0.2) is 0 Å². The Morgan fingerprint density at radius 3 is 2.78 bits per heavy atom. The van der Waals surface area contributed by atoms with Crippen LogP contribution < -0.4 is 21.3 Å². The second-order valence-corrected chi connectivity index (χ2v) is 4.49. The maximum absolute atomic E-state index is 5.31. The van der Waals surface area contributed by atoms with E-state index in [2.05, 4.69) is 31.7 Å². The number of methoxy groups -OCH3 is 1. The molecule has 0 saturated carbocycles. The van der Waals surface area contributed by atoms with Crippen molar-refractivity contribution in [3.8, 4) is 5.75 Å². The first-order valence-electron chi connectivity index (χ1n) is 5.25. The van der Waals surface area contributed by atoms with Crippen LogP contribution in [0.5, 0.6) is 5.75 Å². The molecule has 0 atom stereocenters. The van der Waals surface area contributed by atoms with Gasteiger partial charge in [0.2, 0.25) is 0 Å². The molecule has 6 heteroatoms. The van der Waals surface area contributed by atoms with Gasteiger partial charge in [0.05, 0.1) is 7.11 Å². The van der Waals surface area contributed by atoms with Gasteiger partial charge in [-0.05, 0) is 18.2 Å². The quantitative estimate of drug-likeness (QED) is 0.598. The second kappa shape index (κ2) is 5.70. The van der Waals surface area contributed by atoms with E-state index in [0.29, 0.717) is 5.82 Å². The summed E-state index contributed by atoms with van der Waals surface area (Å²) in [6, 6.07) is 9.42. The first-order valence-corrected chi connectivity index (χ1v) is 6.05. The lowest BCUT2D eigenvalue weighted by Gasteiger charge is -2.10. The van der Waals surface area contributed by atoms with E-state index in [1.807, 2.05) is 30.3 Å². The van der Waals surface area contributed by atoms with Crippen LogP contribution in [0.2, 0.25) is 0 Å². The maximum Gasteiger partial charge on any atom is 0.141 e. The molecule has 1 aromatic carbocycles. The minimum atomic E-state index is 0.599. The molecule has 0 saturated heterocycles. The summed E-state index contributed by atoms with van der Waals surface area (Å²) >= 11 is 3.43. The van der Waals surface area contributed by atoms with Crippen molar-refractivity contribution in [1.82, 2.24) is 4.98 Å². The molecule has 2 aromatic rings. The third kappa shape index (κ3) is 3.12. The topological polar surface area (TPSA) is 72.2 Å². The highest BCUT2D eigenvalue weighted by atomic mass is 79.9. The van der Waals surface area contributed by atoms with E-state index in [4.69, 9.17) is 10.6 Å². The van der Waals surface area contributed by atoms with Crippen LogP contribution in [-0.4, -0.2) is 12.1 Å². The molecule has 0 fully saturated rings. The first-order chi connectivity index (χ1) is 8.71. The summed E-state index contributed by atoms with van der Waals surface area (Å²) in [6.45, 7) is 0. The van der Waals surface area contributed by atoms with Crippen LogP contribution in [0.25, 0.3) is 0 Å². The van der Waals surface area contributed by atoms with Gasteiger partial charge in [-0.15, -0.1) is 0 Å². The minimum Gasteiger partial charge on any atom is -0.497 e. The number of rotatable bonds is 4.